The fourth-order valence-corrected chi connectivity index (χ4v) is 2.86. The monoisotopic (exact) mass is 380 g/mol. The summed E-state index contributed by atoms with van der Waals surface area (Å²) in [4.78, 5) is 14.4. The molecule has 1 amide bonds. The van der Waals surface area contributed by atoms with Crippen molar-refractivity contribution in [2.75, 3.05) is 18.9 Å². The number of ether oxygens (including phenoxy) is 1. The van der Waals surface area contributed by atoms with Gasteiger partial charge in [0.05, 0.1) is 12.2 Å². The fraction of sp³-hybridized carbons (Fsp3) is 0.136. The summed E-state index contributed by atoms with van der Waals surface area (Å²) in [5, 5.41) is 3.43. The summed E-state index contributed by atoms with van der Waals surface area (Å²) in [5.74, 6) is 1.11. The Hall–Kier alpha value is -2.82. The number of anilines is 1. The van der Waals surface area contributed by atoms with Crippen LogP contribution in [0.25, 0.3) is 0 Å². The SMILES string of the molecule is CN(CC(=O)Nc1cc(Cl)ccc1Oc1ccccc1)Cc1ccccc1. The normalized spacial score (nSPS) is 10.6. The molecule has 27 heavy (non-hydrogen) atoms. The van der Waals surface area contributed by atoms with Crippen LogP contribution in [0.1, 0.15) is 5.56 Å². The number of carbonyl (C=O) groups excluding carboxylic acids is 1. The van der Waals surface area contributed by atoms with Gasteiger partial charge in [0.2, 0.25) is 5.91 Å². The summed E-state index contributed by atoms with van der Waals surface area (Å²) in [6, 6.07) is 24.6. The van der Waals surface area contributed by atoms with Gasteiger partial charge in [-0.15, -0.1) is 0 Å². The van der Waals surface area contributed by atoms with Crippen LogP contribution >= 0.6 is 11.6 Å². The van der Waals surface area contributed by atoms with E-state index in [4.69, 9.17) is 16.3 Å². The lowest BCUT2D eigenvalue weighted by Gasteiger charge is -2.17. The van der Waals surface area contributed by atoms with Gasteiger partial charge in [0, 0.05) is 11.6 Å². The first-order valence-electron chi connectivity index (χ1n) is 8.65. The molecule has 0 spiro atoms. The Balaban J connectivity index is 1.65. The summed E-state index contributed by atoms with van der Waals surface area (Å²) in [5.41, 5.74) is 1.70. The zero-order valence-corrected chi connectivity index (χ0v) is 15.8. The third kappa shape index (κ3) is 5.84. The van der Waals surface area contributed by atoms with Crippen LogP contribution < -0.4 is 10.1 Å². The second-order valence-corrected chi connectivity index (χ2v) is 6.70. The minimum atomic E-state index is -0.131. The first-order valence-corrected chi connectivity index (χ1v) is 9.03. The molecule has 0 aromatic heterocycles. The van der Waals surface area contributed by atoms with Gasteiger partial charge in [-0.05, 0) is 42.9 Å². The number of halogens is 1. The van der Waals surface area contributed by atoms with Crippen LogP contribution in [0.5, 0.6) is 11.5 Å². The number of carbonyl (C=O) groups is 1. The molecule has 0 radical (unpaired) electrons. The number of hydrogen-bond donors (Lipinski definition) is 1. The number of benzene rings is 3. The quantitative estimate of drug-likeness (QED) is 0.612. The van der Waals surface area contributed by atoms with Crippen LogP contribution in [0.2, 0.25) is 5.02 Å². The smallest absolute Gasteiger partial charge is 0.238 e. The zero-order chi connectivity index (χ0) is 19.1. The molecule has 0 heterocycles. The Morgan fingerprint density at radius 2 is 1.67 bits per heavy atom. The lowest BCUT2D eigenvalue weighted by atomic mass is 10.2. The Kier molecular flexibility index (Phi) is 6.47. The van der Waals surface area contributed by atoms with Gasteiger partial charge in [0.1, 0.15) is 5.75 Å². The molecule has 0 atom stereocenters. The second kappa shape index (κ2) is 9.21. The lowest BCUT2D eigenvalue weighted by molar-refractivity contribution is -0.117. The van der Waals surface area contributed by atoms with Crippen LogP contribution in [0.15, 0.2) is 78.9 Å². The van der Waals surface area contributed by atoms with Crippen molar-refractivity contribution in [2.45, 2.75) is 6.54 Å². The fourth-order valence-electron chi connectivity index (χ4n) is 2.69. The second-order valence-electron chi connectivity index (χ2n) is 6.26. The van der Waals surface area contributed by atoms with E-state index in [1.165, 1.54) is 0 Å². The van der Waals surface area contributed by atoms with Gasteiger partial charge in [0.15, 0.2) is 5.75 Å². The highest BCUT2D eigenvalue weighted by Gasteiger charge is 2.12. The molecule has 0 aliphatic rings. The maximum Gasteiger partial charge on any atom is 0.238 e. The molecular formula is C22H21ClN2O2. The molecule has 4 nitrogen and oxygen atoms in total. The molecule has 3 aromatic carbocycles. The van der Waals surface area contributed by atoms with E-state index in [0.717, 1.165) is 5.56 Å². The van der Waals surface area contributed by atoms with Crippen molar-refractivity contribution in [1.29, 1.82) is 0 Å². The molecule has 0 aliphatic heterocycles. The van der Waals surface area contributed by atoms with Crippen LogP contribution in [0.3, 0.4) is 0 Å². The maximum atomic E-state index is 12.5. The van der Waals surface area contributed by atoms with Gasteiger partial charge in [-0.3, -0.25) is 9.69 Å². The third-order valence-corrected chi connectivity index (χ3v) is 4.13. The Bertz CT molecular complexity index is 885. The molecule has 3 aromatic rings. The van der Waals surface area contributed by atoms with Crippen LogP contribution in [-0.2, 0) is 11.3 Å². The molecule has 3 rings (SSSR count). The number of rotatable bonds is 7. The highest BCUT2D eigenvalue weighted by molar-refractivity contribution is 6.31. The van der Waals surface area contributed by atoms with Gasteiger partial charge in [-0.25, -0.2) is 0 Å². The highest BCUT2D eigenvalue weighted by Crippen LogP contribution is 2.32. The van der Waals surface area contributed by atoms with E-state index < -0.39 is 0 Å². The average Bonchev–Trinajstić information content (AvgIpc) is 2.65. The molecule has 5 heteroatoms. The largest absolute Gasteiger partial charge is 0.455 e. The van der Waals surface area contributed by atoms with Gasteiger partial charge < -0.3 is 10.1 Å². The van der Waals surface area contributed by atoms with E-state index in [1.54, 1.807) is 18.2 Å². The average molecular weight is 381 g/mol. The van der Waals surface area contributed by atoms with Gasteiger partial charge in [-0.1, -0.05) is 60.1 Å². The molecule has 0 saturated carbocycles. The number of nitrogens with zero attached hydrogens (tertiary/aromatic N) is 1. The minimum Gasteiger partial charge on any atom is -0.455 e. The van der Waals surface area contributed by atoms with E-state index in [1.807, 2.05) is 72.6 Å². The van der Waals surface area contributed by atoms with E-state index >= 15 is 0 Å². The standard InChI is InChI=1S/C22H21ClN2O2/c1-25(15-17-8-4-2-5-9-17)16-22(26)24-20-14-18(23)12-13-21(20)27-19-10-6-3-7-11-19/h2-14H,15-16H2,1H3,(H,24,26). The van der Waals surface area contributed by atoms with Crippen LogP contribution in [0.4, 0.5) is 5.69 Å². The lowest BCUT2D eigenvalue weighted by Crippen LogP contribution is -2.29. The van der Waals surface area contributed by atoms with Gasteiger partial charge in [-0.2, -0.15) is 0 Å². The maximum absolute atomic E-state index is 12.5. The summed E-state index contributed by atoms with van der Waals surface area (Å²) >= 11 is 6.10. The topological polar surface area (TPSA) is 41.6 Å². The van der Waals surface area contributed by atoms with Crippen LogP contribution in [0, 0.1) is 0 Å². The van der Waals surface area contributed by atoms with Crippen LogP contribution in [-0.4, -0.2) is 24.4 Å². The Morgan fingerprint density at radius 1 is 1.00 bits per heavy atom. The van der Waals surface area contributed by atoms with Crippen molar-refractivity contribution in [3.63, 3.8) is 0 Å². The Labute approximate surface area is 164 Å². The number of likely N-dealkylation sites (N-methyl/N-ethyl adjacent to an activating group) is 1. The first-order chi connectivity index (χ1) is 13.1. The molecule has 0 fully saturated rings. The Morgan fingerprint density at radius 3 is 2.37 bits per heavy atom. The molecule has 0 bridgehead atoms. The molecular weight excluding hydrogens is 360 g/mol. The molecule has 138 valence electrons. The van der Waals surface area contributed by atoms with Crippen molar-refractivity contribution in [1.82, 2.24) is 4.90 Å². The third-order valence-electron chi connectivity index (χ3n) is 3.90. The highest BCUT2D eigenvalue weighted by atomic mass is 35.5. The van der Waals surface area contributed by atoms with Crippen molar-refractivity contribution in [3.8, 4) is 11.5 Å². The van der Waals surface area contributed by atoms with E-state index in [0.29, 0.717) is 28.8 Å². The zero-order valence-electron chi connectivity index (χ0n) is 15.1. The number of para-hydroxylation sites is 1. The molecule has 0 aliphatic carbocycles. The molecule has 0 unspecified atom stereocenters. The van der Waals surface area contributed by atoms with E-state index in [2.05, 4.69) is 5.32 Å². The van der Waals surface area contributed by atoms with E-state index in [9.17, 15) is 4.79 Å². The predicted octanol–water partition coefficient (Wildman–Crippen LogP) is 5.20. The number of hydrogen-bond acceptors (Lipinski definition) is 3. The summed E-state index contributed by atoms with van der Waals surface area (Å²) in [7, 11) is 1.91. The van der Waals surface area contributed by atoms with Gasteiger partial charge in [0.25, 0.3) is 0 Å². The van der Waals surface area contributed by atoms with Gasteiger partial charge >= 0.3 is 0 Å². The summed E-state index contributed by atoms with van der Waals surface area (Å²) < 4.78 is 5.88. The van der Waals surface area contributed by atoms with Crippen molar-refractivity contribution < 1.29 is 9.53 Å². The van der Waals surface area contributed by atoms with Crippen molar-refractivity contribution >= 4 is 23.2 Å². The predicted molar refractivity (Wildman–Crippen MR) is 109 cm³/mol. The van der Waals surface area contributed by atoms with Crippen molar-refractivity contribution in [2.24, 2.45) is 0 Å². The molecule has 0 saturated heterocycles. The minimum absolute atomic E-state index is 0.131. The first kappa shape index (κ1) is 19.0. The number of nitrogens with one attached hydrogen (secondary N) is 1. The molecule has 1 N–H and O–H groups in total. The van der Waals surface area contributed by atoms with Crippen molar-refractivity contribution in [3.05, 3.63) is 89.4 Å². The summed E-state index contributed by atoms with van der Waals surface area (Å²) in [6.45, 7) is 0.948. The number of amides is 1. The summed E-state index contributed by atoms with van der Waals surface area (Å²) in [6.07, 6.45) is 0. The van der Waals surface area contributed by atoms with E-state index in [-0.39, 0.29) is 12.5 Å².